The standard InChI is InChI=1S/C16H24FNO3/c1-11(2)18-16(4,15(19)20)8-5-9-21-14-10-12(3)6-7-13(14)17/h6-7,10-11,18H,5,8-9H2,1-4H3,(H,19,20). The second-order valence-electron chi connectivity index (χ2n) is 5.82. The molecule has 1 aromatic rings. The molecule has 0 saturated heterocycles. The summed E-state index contributed by atoms with van der Waals surface area (Å²) in [5.41, 5.74) is -0.0777. The van der Waals surface area contributed by atoms with E-state index in [4.69, 9.17) is 4.74 Å². The fourth-order valence-corrected chi connectivity index (χ4v) is 2.21. The molecular formula is C16H24FNO3. The molecule has 0 radical (unpaired) electrons. The van der Waals surface area contributed by atoms with Crippen LogP contribution in [0.15, 0.2) is 18.2 Å². The molecule has 0 fully saturated rings. The van der Waals surface area contributed by atoms with Crippen molar-refractivity contribution in [3.8, 4) is 5.75 Å². The van der Waals surface area contributed by atoms with Crippen molar-refractivity contribution in [2.75, 3.05) is 6.61 Å². The highest BCUT2D eigenvalue weighted by molar-refractivity contribution is 5.78. The average molecular weight is 297 g/mol. The van der Waals surface area contributed by atoms with Crippen LogP contribution >= 0.6 is 0 Å². The molecule has 0 aromatic heterocycles. The number of carbonyl (C=O) groups is 1. The Labute approximate surface area is 125 Å². The smallest absolute Gasteiger partial charge is 0.323 e. The number of hydrogen-bond donors (Lipinski definition) is 2. The van der Waals surface area contributed by atoms with Gasteiger partial charge in [0.1, 0.15) is 5.54 Å². The minimum Gasteiger partial charge on any atom is -0.491 e. The lowest BCUT2D eigenvalue weighted by Gasteiger charge is -2.28. The third-order valence-corrected chi connectivity index (χ3v) is 3.24. The van der Waals surface area contributed by atoms with E-state index in [1.165, 1.54) is 6.07 Å². The fraction of sp³-hybridized carbons (Fsp3) is 0.562. The number of aliphatic carboxylic acids is 1. The van der Waals surface area contributed by atoms with E-state index in [-0.39, 0.29) is 18.4 Å². The molecule has 0 aliphatic carbocycles. The molecule has 1 atom stereocenters. The molecule has 0 spiro atoms. The van der Waals surface area contributed by atoms with Crippen molar-refractivity contribution in [3.05, 3.63) is 29.6 Å². The summed E-state index contributed by atoms with van der Waals surface area (Å²) in [4.78, 5) is 11.4. The lowest BCUT2D eigenvalue weighted by molar-refractivity contribution is -0.144. The lowest BCUT2D eigenvalue weighted by atomic mass is 9.95. The van der Waals surface area contributed by atoms with E-state index in [1.54, 1.807) is 19.1 Å². The van der Waals surface area contributed by atoms with Crippen molar-refractivity contribution in [1.29, 1.82) is 0 Å². The summed E-state index contributed by atoms with van der Waals surface area (Å²) in [5, 5.41) is 12.4. The molecule has 0 aliphatic rings. The van der Waals surface area contributed by atoms with Gasteiger partial charge in [-0.05, 0) is 58.2 Å². The number of ether oxygens (including phenoxy) is 1. The van der Waals surface area contributed by atoms with Gasteiger partial charge in [0.05, 0.1) is 6.61 Å². The molecule has 4 nitrogen and oxygen atoms in total. The van der Waals surface area contributed by atoms with Crippen molar-refractivity contribution in [2.24, 2.45) is 0 Å². The van der Waals surface area contributed by atoms with Crippen molar-refractivity contribution in [1.82, 2.24) is 5.32 Å². The van der Waals surface area contributed by atoms with Crippen molar-refractivity contribution in [2.45, 2.75) is 52.1 Å². The van der Waals surface area contributed by atoms with Gasteiger partial charge in [-0.15, -0.1) is 0 Å². The number of carboxylic acid groups (broad SMARTS) is 1. The minimum absolute atomic E-state index is 0.0706. The predicted octanol–water partition coefficient (Wildman–Crippen LogP) is 3.13. The van der Waals surface area contributed by atoms with Crippen LogP contribution in [0.25, 0.3) is 0 Å². The largest absolute Gasteiger partial charge is 0.491 e. The van der Waals surface area contributed by atoms with Gasteiger partial charge in [-0.2, -0.15) is 0 Å². The minimum atomic E-state index is -0.997. The predicted molar refractivity (Wildman–Crippen MR) is 80.2 cm³/mol. The number of rotatable bonds is 8. The summed E-state index contributed by atoms with van der Waals surface area (Å²) in [6, 6.07) is 4.75. The van der Waals surface area contributed by atoms with Gasteiger partial charge in [0.2, 0.25) is 0 Å². The average Bonchev–Trinajstić information content (AvgIpc) is 2.37. The molecule has 0 aliphatic heterocycles. The molecule has 118 valence electrons. The first kappa shape index (κ1) is 17.4. The van der Waals surface area contributed by atoms with E-state index in [0.29, 0.717) is 12.8 Å². The van der Waals surface area contributed by atoms with Crippen LogP contribution in [0, 0.1) is 12.7 Å². The van der Waals surface area contributed by atoms with E-state index in [2.05, 4.69) is 5.32 Å². The zero-order valence-electron chi connectivity index (χ0n) is 13.1. The van der Waals surface area contributed by atoms with Gasteiger partial charge >= 0.3 is 5.97 Å². The second kappa shape index (κ2) is 7.41. The maximum absolute atomic E-state index is 13.5. The first-order chi connectivity index (χ1) is 9.74. The molecule has 0 amide bonds. The van der Waals surface area contributed by atoms with Crippen LogP contribution in [0.3, 0.4) is 0 Å². The van der Waals surface area contributed by atoms with Gasteiger partial charge in [-0.25, -0.2) is 4.39 Å². The molecule has 21 heavy (non-hydrogen) atoms. The summed E-state index contributed by atoms with van der Waals surface area (Å²) in [6.45, 7) is 7.60. The van der Waals surface area contributed by atoms with Crippen molar-refractivity contribution < 1.29 is 19.0 Å². The summed E-state index contributed by atoms with van der Waals surface area (Å²) in [7, 11) is 0. The fourth-order valence-electron chi connectivity index (χ4n) is 2.21. The van der Waals surface area contributed by atoms with Crippen LogP contribution in [0.1, 0.15) is 39.2 Å². The van der Waals surface area contributed by atoms with Crippen LogP contribution in [-0.2, 0) is 4.79 Å². The number of aryl methyl sites for hydroxylation is 1. The Bertz CT molecular complexity index is 490. The topological polar surface area (TPSA) is 58.6 Å². The normalized spacial score (nSPS) is 14.0. The third kappa shape index (κ3) is 5.34. The third-order valence-electron chi connectivity index (χ3n) is 3.24. The summed E-state index contributed by atoms with van der Waals surface area (Å²) >= 11 is 0. The van der Waals surface area contributed by atoms with Crippen LogP contribution in [0.4, 0.5) is 4.39 Å². The quantitative estimate of drug-likeness (QED) is 0.724. The van der Waals surface area contributed by atoms with Crippen LogP contribution < -0.4 is 10.1 Å². The lowest BCUT2D eigenvalue weighted by Crippen LogP contribution is -2.52. The van der Waals surface area contributed by atoms with Gasteiger partial charge in [0, 0.05) is 6.04 Å². The molecule has 1 aromatic carbocycles. The van der Waals surface area contributed by atoms with E-state index >= 15 is 0 Å². The van der Waals surface area contributed by atoms with Crippen LogP contribution in [-0.4, -0.2) is 29.3 Å². The zero-order valence-corrected chi connectivity index (χ0v) is 13.1. The highest BCUT2D eigenvalue weighted by atomic mass is 19.1. The highest BCUT2D eigenvalue weighted by Gasteiger charge is 2.32. The Hall–Kier alpha value is -1.62. The molecule has 1 rings (SSSR count). The number of hydrogen-bond acceptors (Lipinski definition) is 3. The Morgan fingerprint density at radius 1 is 1.48 bits per heavy atom. The number of carboxylic acids is 1. The second-order valence-corrected chi connectivity index (χ2v) is 5.82. The Morgan fingerprint density at radius 3 is 2.71 bits per heavy atom. The molecular weight excluding hydrogens is 273 g/mol. The van der Waals surface area contributed by atoms with Gasteiger partial charge in [0.15, 0.2) is 11.6 Å². The van der Waals surface area contributed by atoms with E-state index in [9.17, 15) is 14.3 Å². The Morgan fingerprint density at radius 2 is 2.14 bits per heavy atom. The number of nitrogens with one attached hydrogen (secondary N) is 1. The first-order valence-electron chi connectivity index (χ1n) is 7.14. The van der Waals surface area contributed by atoms with Crippen molar-refractivity contribution >= 4 is 5.97 Å². The summed E-state index contributed by atoms with van der Waals surface area (Å²) in [5.74, 6) is -1.08. The number of halogens is 1. The Balaban J connectivity index is 2.51. The van der Waals surface area contributed by atoms with E-state index < -0.39 is 17.3 Å². The SMILES string of the molecule is Cc1ccc(F)c(OCCCC(C)(NC(C)C)C(=O)O)c1. The summed E-state index contributed by atoms with van der Waals surface area (Å²) in [6.07, 6.45) is 0.934. The summed E-state index contributed by atoms with van der Waals surface area (Å²) < 4.78 is 18.9. The molecule has 1 unspecified atom stereocenters. The van der Waals surface area contributed by atoms with Crippen LogP contribution in [0.2, 0.25) is 0 Å². The van der Waals surface area contributed by atoms with Gasteiger partial charge < -0.3 is 9.84 Å². The van der Waals surface area contributed by atoms with E-state index in [0.717, 1.165) is 5.56 Å². The molecule has 5 heteroatoms. The maximum atomic E-state index is 13.5. The maximum Gasteiger partial charge on any atom is 0.323 e. The van der Waals surface area contributed by atoms with Gasteiger partial charge in [-0.3, -0.25) is 10.1 Å². The molecule has 0 saturated carbocycles. The van der Waals surface area contributed by atoms with Gasteiger partial charge in [0.25, 0.3) is 0 Å². The zero-order chi connectivity index (χ0) is 16.0. The Kier molecular flexibility index (Phi) is 6.15. The molecule has 0 heterocycles. The van der Waals surface area contributed by atoms with Crippen molar-refractivity contribution in [3.63, 3.8) is 0 Å². The molecule has 2 N–H and O–H groups in total. The highest BCUT2D eigenvalue weighted by Crippen LogP contribution is 2.20. The van der Waals surface area contributed by atoms with Gasteiger partial charge in [-0.1, -0.05) is 6.07 Å². The van der Waals surface area contributed by atoms with Crippen LogP contribution in [0.5, 0.6) is 5.75 Å². The first-order valence-corrected chi connectivity index (χ1v) is 7.14. The van der Waals surface area contributed by atoms with E-state index in [1.807, 2.05) is 20.8 Å². The molecule has 0 bridgehead atoms. The monoisotopic (exact) mass is 297 g/mol. The number of benzene rings is 1.